The van der Waals surface area contributed by atoms with Crippen molar-refractivity contribution in [3.63, 3.8) is 0 Å². The summed E-state index contributed by atoms with van der Waals surface area (Å²) in [4.78, 5) is 26.4. The normalized spacial score (nSPS) is 11.5. The number of fused-ring (bicyclic) bond motifs is 1. The second-order valence-electron chi connectivity index (χ2n) is 5.63. The van der Waals surface area contributed by atoms with Crippen molar-refractivity contribution in [2.75, 3.05) is 5.32 Å². The third kappa shape index (κ3) is 3.53. The average Bonchev–Trinajstić information content (AvgIpc) is 2.93. The number of amides is 1. The van der Waals surface area contributed by atoms with Crippen LogP contribution in [-0.2, 0) is 17.4 Å². The summed E-state index contributed by atoms with van der Waals surface area (Å²) in [5, 5.41) is 12.3. The van der Waals surface area contributed by atoms with Crippen LogP contribution in [0, 0.1) is 0 Å². The van der Waals surface area contributed by atoms with Crippen LogP contribution in [0.1, 0.15) is 21.6 Å². The van der Waals surface area contributed by atoms with E-state index in [1.165, 1.54) is 12.1 Å². The molecule has 3 aromatic rings. The van der Waals surface area contributed by atoms with Crippen LogP contribution >= 0.6 is 0 Å². The lowest BCUT2D eigenvalue weighted by molar-refractivity contribution is -0.137. The van der Waals surface area contributed by atoms with Crippen molar-refractivity contribution >= 4 is 28.5 Å². The minimum atomic E-state index is -4.52. The highest BCUT2D eigenvalue weighted by Crippen LogP contribution is 2.31. The minimum Gasteiger partial charge on any atom is -0.477 e. The quantitative estimate of drug-likeness (QED) is 0.654. The maximum absolute atomic E-state index is 12.7. The van der Waals surface area contributed by atoms with E-state index in [-0.39, 0.29) is 23.4 Å². The van der Waals surface area contributed by atoms with Gasteiger partial charge in [0.2, 0.25) is 5.91 Å². The molecule has 0 bridgehead atoms. The summed E-state index contributed by atoms with van der Waals surface area (Å²) in [5.41, 5.74) is -0.176. The Bertz CT molecular complexity index is 993. The van der Waals surface area contributed by atoms with Gasteiger partial charge in [-0.25, -0.2) is 4.79 Å². The molecule has 26 heavy (non-hydrogen) atoms. The maximum atomic E-state index is 12.7. The zero-order chi connectivity index (χ0) is 18.9. The Kier molecular flexibility index (Phi) is 4.41. The molecule has 0 aliphatic heterocycles. The van der Waals surface area contributed by atoms with E-state index >= 15 is 0 Å². The summed E-state index contributed by atoms with van der Waals surface area (Å²) in [6.07, 6.45) is -4.81. The lowest BCUT2D eigenvalue weighted by atomic mass is 10.1. The lowest BCUT2D eigenvalue weighted by Crippen LogP contribution is -2.16. The molecule has 3 rings (SSSR count). The number of hydrogen-bond acceptors (Lipinski definition) is 2. The fourth-order valence-electron chi connectivity index (χ4n) is 2.71. The Morgan fingerprint density at radius 2 is 1.81 bits per heavy atom. The van der Waals surface area contributed by atoms with Crippen LogP contribution in [0.25, 0.3) is 10.9 Å². The molecule has 1 aromatic heterocycles. The standard InChI is InChI=1S/C18H13F3N2O3/c19-18(20,21)10-4-3-5-11(8-10)22-15(24)9-13-12-6-1-2-7-14(12)23-16(13)17(25)26/h1-8,23H,9H2,(H,22,24)(H,25,26). The first-order chi connectivity index (χ1) is 12.3. The number of aromatic carboxylic acids is 1. The molecule has 5 nitrogen and oxygen atoms in total. The van der Waals surface area contributed by atoms with E-state index in [2.05, 4.69) is 10.3 Å². The Morgan fingerprint density at radius 3 is 2.50 bits per heavy atom. The van der Waals surface area contributed by atoms with Crippen LogP contribution in [0.4, 0.5) is 18.9 Å². The maximum Gasteiger partial charge on any atom is 0.416 e. The van der Waals surface area contributed by atoms with Crippen LogP contribution in [0.3, 0.4) is 0 Å². The summed E-state index contributed by atoms with van der Waals surface area (Å²) in [6, 6.07) is 11.0. The molecule has 0 atom stereocenters. The Labute approximate surface area is 145 Å². The monoisotopic (exact) mass is 362 g/mol. The molecule has 2 aromatic carbocycles. The number of halogens is 3. The van der Waals surface area contributed by atoms with Crippen LogP contribution in [0.2, 0.25) is 0 Å². The Hall–Kier alpha value is -3.29. The van der Waals surface area contributed by atoms with Crippen molar-refractivity contribution < 1.29 is 27.9 Å². The van der Waals surface area contributed by atoms with Crippen LogP contribution < -0.4 is 5.32 Å². The Balaban J connectivity index is 1.86. The third-order valence-corrected chi connectivity index (χ3v) is 3.84. The summed E-state index contributed by atoms with van der Waals surface area (Å²) in [5.74, 6) is -1.83. The molecule has 1 amide bonds. The van der Waals surface area contributed by atoms with Gasteiger partial charge in [-0.05, 0) is 24.3 Å². The molecule has 0 fully saturated rings. The lowest BCUT2D eigenvalue weighted by Gasteiger charge is -2.10. The number of hydrogen-bond donors (Lipinski definition) is 3. The van der Waals surface area contributed by atoms with E-state index in [0.29, 0.717) is 10.9 Å². The highest BCUT2D eigenvalue weighted by Gasteiger charge is 2.30. The molecule has 0 saturated heterocycles. The number of aromatic amines is 1. The largest absolute Gasteiger partial charge is 0.477 e. The van der Waals surface area contributed by atoms with Gasteiger partial charge in [0.25, 0.3) is 0 Å². The van der Waals surface area contributed by atoms with Gasteiger partial charge in [0.15, 0.2) is 0 Å². The van der Waals surface area contributed by atoms with Gasteiger partial charge >= 0.3 is 12.1 Å². The fourth-order valence-corrected chi connectivity index (χ4v) is 2.71. The number of carbonyl (C=O) groups excluding carboxylic acids is 1. The number of aromatic nitrogens is 1. The molecule has 1 heterocycles. The van der Waals surface area contributed by atoms with Crippen molar-refractivity contribution in [1.82, 2.24) is 4.98 Å². The number of benzene rings is 2. The van der Waals surface area contributed by atoms with Gasteiger partial charge in [-0.3, -0.25) is 4.79 Å². The summed E-state index contributed by atoms with van der Waals surface area (Å²) in [6.45, 7) is 0. The topological polar surface area (TPSA) is 82.2 Å². The average molecular weight is 362 g/mol. The number of para-hydroxylation sites is 1. The highest BCUT2D eigenvalue weighted by molar-refractivity contribution is 6.02. The fraction of sp³-hybridized carbons (Fsp3) is 0.111. The number of carboxylic acids is 1. The van der Waals surface area contributed by atoms with E-state index in [1.807, 2.05) is 0 Å². The molecule has 3 N–H and O–H groups in total. The molecule has 0 unspecified atom stereocenters. The first-order valence-corrected chi connectivity index (χ1v) is 7.55. The molecule has 0 aliphatic carbocycles. The highest BCUT2D eigenvalue weighted by atomic mass is 19.4. The number of rotatable bonds is 4. The van der Waals surface area contributed by atoms with Gasteiger partial charge < -0.3 is 15.4 Å². The van der Waals surface area contributed by atoms with Crippen LogP contribution in [0.5, 0.6) is 0 Å². The number of anilines is 1. The van der Waals surface area contributed by atoms with Gasteiger partial charge in [-0.1, -0.05) is 24.3 Å². The van der Waals surface area contributed by atoms with Gasteiger partial charge in [-0.2, -0.15) is 13.2 Å². The smallest absolute Gasteiger partial charge is 0.416 e. The minimum absolute atomic E-state index is 0.0125. The molecule has 0 radical (unpaired) electrons. The summed E-state index contributed by atoms with van der Waals surface area (Å²) in [7, 11) is 0. The summed E-state index contributed by atoms with van der Waals surface area (Å²) < 4.78 is 38.2. The van der Waals surface area contributed by atoms with Crippen LogP contribution in [-0.4, -0.2) is 22.0 Å². The third-order valence-electron chi connectivity index (χ3n) is 3.84. The van der Waals surface area contributed by atoms with Crippen molar-refractivity contribution in [2.24, 2.45) is 0 Å². The number of carbonyl (C=O) groups is 2. The zero-order valence-electron chi connectivity index (χ0n) is 13.2. The van der Waals surface area contributed by atoms with E-state index in [0.717, 1.165) is 12.1 Å². The predicted octanol–water partition coefficient (Wildman–Crippen LogP) is 4.07. The zero-order valence-corrected chi connectivity index (χ0v) is 13.2. The molecular formula is C18H13F3N2O3. The first-order valence-electron chi connectivity index (χ1n) is 7.55. The second-order valence-corrected chi connectivity index (χ2v) is 5.63. The van der Waals surface area contributed by atoms with E-state index < -0.39 is 23.6 Å². The van der Waals surface area contributed by atoms with Crippen molar-refractivity contribution in [3.8, 4) is 0 Å². The first kappa shape index (κ1) is 17.5. The molecule has 134 valence electrons. The molecule has 8 heteroatoms. The van der Waals surface area contributed by atoms with Crippen LogP contribution in [0.15, 0.2) is 48.5 Å². The second kappa shape index (κ2) is 6.55. The van der Waals surface area contributed by atoms with Gasteiger partial charge in [0, 0.05) is 22.2 Å². The molecule has 0 aliphatic rings. The van der Waals surface area contributed by atoms with Gasteiger partial charge in [-0.15, -0.1) is 0 Å². The van der Waals surface area contributed by atoms with Gasteiger partial charge in [0.1, 0.15) is 5.69 Å². The van der Waals surface area contributed by atoms with E-state index in [9.17, 15) is 27.9 Å². The van der Waals surface area contributed by atoms with Crippen molar-refractivity contribution in [1.29, 1.82) is 0 Å². The molecule has 0 spiro atoms. The summed E-state index contributed by atoms with van der Waals surface area (Å²) >= 11 is 0. The Morgan fingerprint density at radius 1 is 1.08 bits per heavy atom. The van der Waals surface area contributed by atoms with E-state index in [1.54, 1.807) is 24.3 Å². The van der Waals surface area contributed by atoms with Gasteiger partial charge in [0.05, 0.1) is 12.0 Å². The molecular weight excluding hydrogens is 349 g/mol. The van der Waals surface area contributed by atoms with E-state index in [4.69, 9.17) is 0 Å². The molecule has 0 saturated carbocycles. The number of carboxylic acid groups (broad SMARTS) is 1. The number of H-pyrrole nitrogens is 1. The number of alkyl halides is 3. The SMILES string of the molecule is O=C(Cc1c(C(=O)O)[nH]c2ccccc12)Nc1cccc(C(F)(F)F)c1. The van der Waals surface area contributed by atoms with Crippen molar-refractivity contribution in [3.05, 3.63) is 65.4 Å². The predicted molar refractivity (Wildman–Crippen MR) is 89.0 cm³/mol. The van der Waals surface area contributed by atoms with Crippen molar-refractivity contribution in [2.45, 2.75) is 12.6 Å². The number of nitrogens with one attached hydrogen (secondary N) is 2.